The van der Waals surface area contributed by atoms with Crippen LogP contribution in [0.25, 0.3) is 0 Å². The van der Waals surface area contributed by atoms with Gasteiger partial charge in [0.2, 0.25) is 0 Å². The maximum atomic E-state index is 13.6. The highest BCUT2D eigenvalue weighted by Gasteiger charge is 2.22. The van der Waals surface area contributed by atoms with Crippen LogP contribution in [0, 0.1) is 5.82 Å². The Bertz CT molecular complexity index is 835. The lowest BCUT2D eigenvalue weighted by Crippen LogP contribution is -2.48. The molecule has 1 aromatic heterocycles. The number of nitrogens with one attached hydrogen (secondary N) is 1. The molecule has 0 saturated carbocycles. The molecule has 0 aliphatic carbocycles. The largest absolute Gasteiger partial charge is 0.350 e. The van der Waals surface area contributed by atoms with Crippen LogP contribution < -0.4 is 5.32 Å². The zero-order chi connectivity index (χ0) is 19.9. The first-order chi connectivity index (χ1) is 13.6. The number of pyridine rings is 1. The number of hydrogen-bond donors (Lipinski definition) is 1. The van der Waals surface area contributed by atoms with Crippen molar-refractivity contribution in [1.82, 2.24) is 20.1 Å². The Hall–Kier alpha value is -2.80. The quantitative estimate of drug-likeness (QED) is 0.827. The SMILES string of the molecule is CCN1CCN(C(=O)c2ccnc(C(=O)NCCc3ccccc3F)c2)CC1. The van der Waals surface area contributed by atoms with Gasteiger partial charge in [-0.2, -0.15) is 0 Å². The van der Waals surface area contributed by atoms with E-state index in [-0.39, 0.29) is 23.3 Å². The van der Waals surface area contributed by atoms with E-state index < -0.39 is 0 Å². The zero-order valence-electron chi connectivity index (χ0n) is 16.0. The van der Waals surface area contributed by atoms with Gasteiger partial charge in [0.25, 0.3) is 11.8 Å². The van der Waals surface area contributed by atoms with Gasteiger partial charge in [0.15, 0.2) is 0 Å². The molecular weight excluding hydrogens is 359 g/mol. The van der Waals surface area contributed by atoms with Crippen molar-refractivity contribution in [1.29, 1.82) is 0 Å². The Morgan fingerprint density at radius 1 is 1.14 bits per heavy atom. The monoisotopic (exact) mass is 384 g/mol. The molecule has 0 unspecified atom stereocenters. The molecule has 1 saturated heterocycles. The molecule has 2 aromatic rings. The second-order valence-electron chi connectivity index (χ2n) is 6.75. The van der Waals surface area contributed by atoms with Crippen LogP contribution in [-0.4, -0.2) is 65.9 Å². The van der Waals surface area contributed by atoms with E-state index in [1.807, 2.05) is 0 Å². The molecule has 6 nitrogen and oxygen atoms in total. The number of benzene rings is 1. The molecule has 1 aliphatic heterocycles. The van der Waals surface area contributed by atoms with Crippen molar-refractivity contribution in [2.24, 2.45) is 0 Å². The summed E-state index contributed by atoms with van der Waals surface area (Å²) in [5.74, 6) is -0.744. The van der Waals surface area contributed by atoms with Crippen LogP contribution in [0.2, 0.25) is 0 Å². The Kier molecular flexibility index (Phi) is 6.71. The van der Waals surface area contributed by atoms with Crippen molar-refractivity contribution in [3.63, 3.8) is 0 Å². The van der Waals surface area contributed by atoms with Gasteiger partial charge < -0.3 is 15.1 Å². The lowest BCUT2D eigenvalue weighted by Gasteiger charge is -2.34. The molecule has 28 heavy (non-hydrogen) atoms. The van der Waals surface area contributed by atoms with Gasteiger partial charge in [-0.3, -0.25) is 14.6 Å². The lowest BCUT2D eigenvalue weighted by molar-refractivity contribution is 0.0643. The lowest BCUT2D eigenvalue weighted by atomic mass is 10.1. The predicted octanol–water partition coefficient (Wildman–Crippen LogP) is 1.97. The third kappa shape index (κ3) is 4.92. The Morgan fingerprint density at radius 2 is 1.89 bits per heavy atom. The second-order valence-corrected chi connectivity index (χ2v) is 6.75. The maximum Gasteiger partial charge on any atom is 0.269 e. The number of halogens is 1. The van der Waals surface area contributed by atoms with Gasteiger partial charge in [-0.15, -0.1) is 0 Å². The zero-order valence-corrected chi connectivity index (χ0v) is 16.0. The first-order valence-corrected chi connectivity index (χ1v) is 9.57. The Balaban J connectivity index is 1.57. The molecular formula is C21H25FN4O2. The van der Waals surface area contributed by atoms with E-state index in [0.29, 0.717) is 37.2 Å². The van der Waals surface area contributed by atoms with Crippen molar-refractivity contribution >= 4 is 11.8 Å². The van der Waals surface area contributed by atoms with Crippen LogP contribution in [0.1, 0.15) is 33.3 Å². The summed E-state index contributed by atoms with van der Waals surface area (Å²) in [5, 5.41) is 2.73. The molecule has 148 valence electrons. The van der Waals surface area contributed by atoms with E-state index in [2.05, 4.69) is 22.1 Å². The van der Waals surface area contributed by atoms with Crippen molar-refractivity contribution in [3.8, 4) is 0 Å². The number of amides is 2. The fraction of sp³-hybridized carbons (Fsp3) is 0.381. The van der Waals surface area contributed by atoms with Crippen molar-refractivity contribution in [2.45, 2.75) is 13.3 Å². The number of rotatable bonds is 6. The molecule has 2 heterocycles. The summed E-state index contributed by atoms with van der Waals surface area (Å²) in [7, 11) is 0. The molecule has 3 rings (SSSR count). The molecule has 0 spiro atoms. The van der Waals surface area contributed by atoms with Gasteiger partial charge in [0.1, 0.15) is 11.5 Å². The molecule has 0 atom stereocenters. The molecule has 1 N–H and O–H groups in total. The summed E-state index contributed by atoms with van der Waals surface area (Å²) in [6.45, 7) is 6.45. The van der Waals surface area contributed by atoms with Crippen LogP contribution >= 0.6 is 0 Å². The summed E-state index contributed by atoms with van der Waals surface area (Å²) in [5.41, 5.74) is 1.19. The normalized spacial score (nSPS) is 14.7. The first-order valence-electron chi connectivity index (χ1n) is 9.57. The van der Waals surface area contributed by atoms with Crippen LogP contribution in [0.5, 0.6) is 0 Å². The third-order valence-corrected chi connectivity index (χ3v) is 4.98. The predicted molar refractivity (Wildman–Crippen MR) is 105 cm³/mol. The van der Waals surface area contributed by atoms with Crippen LogP contribution in [0.4, 0.5) is 4.39 Å². The van der Waals surface area contributed by atoms with E-state index in [0.717, 1.165) is 19.6 Å². The summed E-state index contributed by atoms with van der Waals surface area (Å²) in [4.78, 5) is 33.2. The summed E-state index contributed by atoms with van der Waals surface area (Å²) in [6, 6.07) is 9.63. The van der Waals surface area contributed by atoms with Gasteiger partial charge in [-0.25, -0.2) is 4.39 Å². The van der Waals surface area contributed by atoms with Gasteiger partial charge in [0, 0.05) is 44.5 Å². The average Bonchev–Trinajstić information content (AvgIpc) is 2.74. The highest BCUT2D eigenvalue weighted by atomic mass is 19.1. The highest BCUT2D eigenvalue weighted by molar-refractivity contribution is 5.98. The smallest absolute Gasteiger partial charge is 0.269 e. The van der Waals surface area contributed by atoms with E-state index in [1.165, 1.54) is 18.3 Å². The van der Waals surface area contributed by atoms with Crippen molar-refractivity contribution in [2.75, 3.05) is 39.3 Å². The minimum atomic E-state index is -0.373. The molecule has 7 heteroatoms. The Morgan fingerprint density at radius 3 is 2.61 bits per heavy atom. The number of aromatic nitrogens is 1. The van der Waals surface area contributed by atoms with E-state index in [1.54, 1.807) is 29.2 Å². The number of hydrogen-bond acceptors (Lipinski definition) is 4. The van der Waals surface area contributed by atoms with Crippen molar-refractivity contribution < 1.29 is 14.0 Å². The maximum absolute atomic E-state index is 13.6. The third-order valence-electron chi connectivity index (χ3n) is 4.98. The summed E-state index contributed by atoms with van der Waals surface area (Å²) in [6.07, 6.45) is 1.86. The van der Waals surface area contributed by atoms with Gasteiger partial charge >= 0.3 is 0 Å². The fourth-order valence-corrected chi connectivity index (χ4v) is 3.24. The minimum absolute atomic E-state index is 0.0847. The molecule has 2 amide bonds. The Labute approximate surface area is 164 Å². The molecule has 0 bridgehead atoms. The number of likely N-dealkylation sites (N-methyl/N-ethyl adjacent to an activating group) is 1. The fourth-order valence-electron chi connectivity index (χ4n) is 3.24. The standard InChI is InChI=1S/C21H25FN4O2/c1-2-25-11-13-26(14-12-25)21(28)17-8-9-23-19(15-17)20(27)24-10-7-16-5-3-4-6-18(16)22/h3-6,8-9,15H,2,7,10-14H2,1H3,(H,24,27). The molecule has 1 aliphatic rings. The van der Waals surface area contributed by atoms with Gasteiger partial charge in [-0.05, 0) is 36.7 Å². The van der Waals surface area contributed by atoms with Crippen LogP contribution in [0.3, 0.4) is 0 Å². The number of nitrogens with zero attached hydrogens (tertiary/aromatic N) is 3. The number of piperazine rings is 1. The van der Waals surface area contributed by atoms with Crippen LogP contribution in [0.15, 0.2) is 42.6 Å². The van der Waals surface area contributed by atoms with Crippen molar-refractivity contribution in [3.05, 3.63) is 65.2 Å². The summed E-state index contributed by atoms with van der Waals surface area (Å²) < 4.78 is 13.6. The first kappa shape index (κ1) is 19.9. The molecule has 0 radical (unpaired) electrons. The number of carbonyl (C=O) groups is 2. The highest BCUT2D eigenvalue weighted by Crippen LogP contribution is 2.10. The number of carbonyl (C=O) groups excluding carboxylic acids is 2. The topological polar surface area (TPSA) is 65.5 Å². The molecule has 1 fully saturated rings. The van der Waals surface area contributed by atoms with E-state index in [9.17, 15) is 14.0 Å². The minimum Gasteiger partial charge on any atom is -0.350 e. The van der Waals surface area contributed by atoms with E-state index in [4.69, 9.17) is 0 Å². The summed E-state index contributed by atoms with van der Waals surface area (Å²) >= 11 is 0. The van der Waals surface area contributed by atoms with Gasteiger partial charge in [0.05, 0.1) is 0 Å². The van der Waals surface area contributed by atoms with Gasteiger partial charge in [-0.1, -0.05) is 25.1 Å². The van der Waals surface area contributed by atoms with E-state index >= 15 is 0 Å². The second kappa shape index (κ2) is 9.41. The van der Waals surface area contributed by atoms with Crippen LogP contribution in [-0.2, 0) is 6.42 Å². The molecule has 1 aromatic carbocycles. The average molecular weight is 384 g/mol.